The van der Waals surface area contributed by atoms with E-state index in [1.54, 1.807) is 4.90 Å². The lowest BCUT2D eigenvalue weighted by molar-refractivity contribution is -0.141. The highest BCUT2D eigenvalue weighted by Crippen LogP contribution is 2.24. The van der Waals surface area contributed by atoms with Crippen LogP contribution in [-0.2, 0) is 19.6 Å². The largest absolute Gasteiger partial charge is 0.481 e. The summed E-state index contributed by atoms with van der Waals surface area (Å²) >= 11 is 0. The van der Waals surface area contributed by atoms with E-state index in [0.717, 1.165) is 6.26 Å². The normalized spacial score (nSPS) is 28.6. The number of likely N-dealkylation sites (tertiary alicyclic amines) is 1. The lowest BCUT2D eigenvalue weighted by Crippen LogP contribution is -2.46. The maximum atomic E-state index is 12.4. The highest BCUT2D eigenvalue weighted by Gasteiger charge is 2.36. The number of carbonyl (C=O) groups is 2. The summed E-state index contributed by atoms with van der Waals surface area (Å²) in [4.78, 5) is 24.8. The van der Waals surface area contributed by atoms with Gasteiger partial charge >= 0.3 is 5.97 Å². The highest BCUT2D eigenvalue weighted by molar-refractivity contribution is 7.88. The van der Waals surface area contributed by atoms with E-state index in [0.29, 0.717) is 32.4 Å². The monoisotopic (exact) mass is 304 g/mol. The quantitative estimate of drug-likeness (QED) is 0.765. The van der Waals surface area contributed by atoms with Crippen molar-refractivity contribution in [2.45, 2.75) is 19.3 Å². The number of sulfonamides is 1. The fourth-order valence-corrected chi connectivity index (χ4v) is 3.78. The molecule has 0 aromatic heterocycles. The van der Waals surface area contributed by atoms with Gasteiger partial charge in [0.2, 0.25) is 15.9 Å². The van der Waals surface area contributed by atoms with Gasteiger partial charge in [-0.1, -0.05) is 0 Å². The van der Waals surface area contributed by atoms with Gasteiger partial charge in [0.15, 0.2) is 0 Å². The number of aliphatic carboxylic acids is 1. The summed E-state index contributed by atoms with van der Waals surface area (Å²) in [5.41, 5.74) is 0. The average molecular weight is 304 g/mol. The number of piperidine rings is 1. The van der Waals surface area contributed by atoms with Crippen molar-refractivity contribution in [1.29, 1.82) is 0 Å². The van der Waals surface area contributed by atoms with Gasteiger partial charge in [0, 0.05) is 26.2 Å². The van der Waals surface area contributed by atoms with Gasteiger partial charge < -0.3 is 10.0 Å². The van der Waals surface area contributed by atoms with Gasteiger partial charge in [0.1, 0.15) is 0 Å². The minimum absolute atomic E-state index is 0.109. The predicted molar refractivity (Wildman–Crippen MR) is 71.5 cm³/mol. The molecule has 2 atom stereocenters. The van der Waals surface area contributed by atoms with E-state index < -0.39 is 21.9 Å². The number of carbonyl (C=O) groups excluding carboxylic acids is 1. The fraction of sp³-hybridized carbons (Fsp3) is 0.833. The lowest BCUT2D eigenvalue weighted by atomic mass is 9.98. The summed E-state index contributed by atoms with van der Waals surface area (Å²) in [6.07, 6.45) is 2.96. The topological polar surface area (TPSA) is 95.0 Å². The van der Waals surface area contributed by atoms with Crippen molar-refractivity contribution in [3.8, 4) is 0 Å². The number of amides is 1. The molecule has 0 aliphatic carbocycles. The molecule has 0 radical (unpaired) electrons. The third kappa shape index (κ3) is 3.29. The van der Waals surface area contributed by atoms with Crippen LogP contribution in [0.1, 0.15) is 19.3 Å². The lowest BCUT2D eigenvalue weighted by Gasteiger charge is -2.32. The summed E-state index contributed by atoms with van der Waals surface area (Å²) in [6, 6.07) is 0. The van der Waals surface area contributed by atoms with Gasteiger partial charge in [0.25, 0.3) is 0 Å². The Morgan fingerprint density at radius 2 is 1.80 bits per heavy atom. The molecule has 1 N–H and O–H groups in total. The molecule has 0 aromatic carbocycles. The Labute approximate surface area is 118 Å². The number of rotatable bonds is 3. The van der Waals surface area contributed by atoms with Crippen molar-refractivity contribution in [3.63, 3.8) is 0 Å². The van der Waals surface area contributed by atoms with Gasteiger partial charge in [-0.2, -0.15) is 0 Å². The van der Waals surface area contributed by atoms with Crippen LogP contribution in [0.2, 0.25) is 0 Å². The predicted octanol–water partition coefficient (Wildman–Crippen LogP) is -0.409. The van der Waals surface area contributed by atoms with Crippen molar-refractivity contribution in [2.24, 2.45) is 11.8 Å². The number of carboxylic acids is 1. The third-order valence-electron chi connectivity index (χ3n) is 4.05. The van der Waals surface area contributed by atoms with Crippen LogP contribution < -0.4 is 0 Å². The molecule has 1 amide bonds. The Balaban J connectivity index is 1.98. The van der Waals surface area contributed by atoms with E-state index in [2.05, 4.69) is 0 Å². The molecule has 7 nitrogen and oxygen atoms in total. The molecule has 20 heavy (non-hydrogen) atoms. The van der Waals surface area contributed by atoms with E-state index in [1.807, 2.05) is 0 Å². The van der Waals surface area contributed by atoms with E-state index in [1.165, 1.54) is 4.31 Å². The molecule has 0 bridgehead atoms. The molecular weight excluding hydrogens is 284 g/mol. The van der Waals surface area contributed by atoms with Crippen LogP contribution in [0.25, 0.3) is 0 Å². The van der Waals surface area contributed by atoms with Gasteiger partial charge in [-0.3, -0.25) is 9.59 Å². The van der Waals surface area contributed by atoms with Gasteiger partial charge in [-0.15, -0.1) is 0 Å². The van der Waals surface area contributed by atoms with Crippen molar-refractivity contribution in [3.05, 3.63) is 0 Å². The summed E-state index contributed by atoms with van der Waals surface area (Å²) in [6.45, 7) is 1.36. The van der Waals surface area contributed by atoms with Crippen molar-refractivity contribution < 1.29 is 23.1 Å². The van der Waals surface area contributed by atoms with Crippen molar-refractivity contribution in [2.75, 3.05) is 32.4 Å². The van der Waals surface area contributed by atoms with Crippen LogP contribution in [0.4, 0.5) is 0 Å². The first-order valence-corrected chi connectivity index (χ1v) is 8.60. The molecule has 2 aliphatic rings. The molecule has 0 spiro atoms. The van der Waals surface area contributed by atoms with Crippen LogP contribution in [-0.4, -0.2) is 67.0 Å². The Morgan fingerprint density at radius 1 is 1.10 bits per heavy atom. The zero-order valence-electron chi connectivity index (χ0n) is 11.5. The molecule has 2 heterocycles. The SMILES string of the molecule is CS(=O)(=O)N1CCC[C@H](C(=O)N2CC[C@@H](C(=O)O)C2)C1. The second-order valence-corrected chi connectivity index (χ2v) is 7.55. The molecule has 0 saturated carbocycles. The Morgan fingerprint density at radius 3 is 2.35 bits per heavy atom. The summed E-state index contributed by atoms with van der Waals surface area (Å²) < 4.78 is 24.4. The van der Waals surface area contributed by atoms with E-state index in [9.17, 15) is 18.0 Å². The Kier molecular flexibility index (Phi) is 4.33. The molecule has 8 heteroatoms. The zero-order chi connectivity index (χ0) is 14.9. The molecule has 2 rings (SSSR count). The van der Waals surface area contributed by atoms with Crippen LogP contribution in [0.15, 0.2) is 0 Å². The molecular formula is C12H20N2O5S. The van der Waals surface area contributed by atoms with Crippen molar-refractivity contribution in [1.82, 2.24) is 9.21 Å². The molecule has 114 valence electrons. The molecule has 2 fully saturated rings. The highest BCUT2D eigenvalue weighted by atomic mass is 32.2. The van der Waals surface area contributed by atoms with Gasteiger partial charge in [-0.25, -0.2) is 12.7 Å². The fourth-order valence-electron chi connectivity index (χ4n) is 2.87. The maximum absolute atomic E-state index is 12.4. The van der Waals surface area contributed by atoms with Crippen molar-refractivity contribution >= 4 is 21.9 Å². The standard InChI is InChI=1S/C12H20N2O5S/c1-20(18,19)14-5-2-3-9(8-14)11(15)13-6-4-10(7-13)12(16)17/h9-10H,2-8H2,1H3,(H,16,17)/t9-,10+/m0/s1. The summed E-state index contributed by atoms with van der Waals surface area (Å²) in [5.74, 6) is -1.82. The van der Waals surface area contributed by atoms with Crippen LogP contribution in [0.3, 0.4) is 0 Å². The maximum Gasteiger partial charge on any atom is 0.308 e. The first-order valence-electron chi connectivity index (χ1n) is 6.75. The minimum Gasteiger partial charge on any atom is -0.481 e. The van der Waals surface area contributed by atoms with Crippen LogP contribution in [0, 0.1) is 11.8 Å². The number of nitrogens with zero attached hydrogens (tertiary/aromatic N) is 2. The first-order chi connectivity index (χ1) is 9.29. The molecule has 0 unspecified atom stereocenters. The first kappa shape index (κ1) is 15.2. The zero-order valence-corrected chi connectivity index (χ0v) is 12.3. The van der Waals surface area contributed by atoms with E-state index >= 15 is 0 Å². The smallest absolute Gasteiger partial charge is 0.308 e. The van der Waals surface area contributed by atoms with Crippen LogP contribution >= 0.6 is 0 Å². The number of hydrogen-bond acceptors (Lipinski definition) is 4. The Bertz CT molecular complexity index is 504. The summed E-state index contributed by atoms with van der Waals surface area (Å²) in [7, 11) is -3.27. The second-order valence-electron chi connectivity index (χ2n) is 5.57. The van der Waals surface area contributed by atoms with Crippen LogP contribution in [0.5, 0.6) is 0 Å². The third-order valence-corrected chi connectivity index (χ3v) is 5.32. The van der Waals surface area contributed by atoms with Gasteiger partial charge in [0.05, 0.1) is 18.1 Å². The number of carboxylic acid groups (broad SMARTS) is 1. The molecule has 0 aromatic rings. The minimum atomic E-state index is -3.27. The molecule has 2 aliphatic heterocycles. The summed E-state index contributed by atoms with van der Waals surface area (Å²) in [5, 5.41) is 8.95. The number of hydrogen-bond donors (Lipinski definition) is 1. The van der Waals surface area contributed by atoms with E-state index in [4.69, 9.17) is 5.11 Å². The molecule has 2 saturated heterocycles. The van der Waals surface area contributed by atoms with E-state index in [-0.39, 0.29) is 24.9 Å². The average Bonchev–Trinajstić information content (AvgIpc) is 2.87. The van der Waals surface area contributed by atoms with Gasteiger partial charge in [-0.05, 0) is 19.3 Å². The second kappa shape index (κ2) is 5.69. The Hall–Kier alpha value is -1.15.